The van der Waals surface area contributed by atoms with Gasteiger partial charge in [-0.3, -0.25) is 0 Å². The van der Waals surface area contributed by atoms with Crippen LogP contribution in [0, 0.1) is 5.82 Å². The van der Waals surface area contributed by atoms with E-state index in [1.807, 2.05) is 18.2 Å². The number of rotatable bonds is 3. The fraction of sp³-hybridized carbons (Fsp3) is 0.294. The maximum absolute atomic E-state index is 13.6. The number of ether oxygens (including phenoxy) is 1. The molecule has 0 unspecified atom stereocenters. The molecule has 21 heavy (non-hydrogen) atoms. The van der Waals surface area contributed by atoms with Crippen LogP contribution in [0.2, 0.25) is 0 Å². The zero-order chi connectivity index (χ0) is 15.6. The van der Waals surface area contributed by atoms with E-state index in [1.54, 1.807) is 6.07 Å². The summed E-state index contributed by atoms with van der Waals surface area (Å²) in [5, 5.41) is 3.28. The SMILES string of the molecule is COc1cc(Nc2ccccc2C(C)(C)C)c(N)cc1F. The molecule has 0 saturated heterocycles. The number of nitrogens with one attached hydrogen (secondary N) is 1. The lowest BCUT2D eigenvalue weighted by Crippen LogP contribution is -2.13. The summed E-state index contributed by atoms with van der Waals surface area (Å²) in [4.78, 5) is 0. The lowest BCUT2D eigenvalue weighted by Gasteiger charge is -2.24. The second kappa shape index (κ2) is 5.64. The number of nitrogens with two attached hydrogens (primary N) is 1. The van der Waals surface area contributed by atoms with Crippen molar-refractivity contribution in [3.05, 3.63) is 47.8 Å². The Balaban J connectivity index is 2.44. The predicted molar refractivity (Wildman–Crippen MR) is 85.8 cm³/mol. The summed E-state index contributed by atoms with van der Waals surface area (Å²) in [6.45, 7) is 6.42. The first kappa shape index (κ1) is 15.2. The van der Waals surface area contributed by atoms with Crippen LogP contribution in [0.15, 0.2) is 36.4 Å². The van der Waals surface area contributed by atoms with E-state index >= 15 is 0 Å². The fourth-order valence-corrected chi connectivity index (χ4v) is 2.22. The number of hydrogen-bond donors (Lipinski definition) is 2. The van der Waals surface area contributed by atoms with Gasteiger partial charge >= 0.3 is 0 Å². The Kier molecular flexibility index (Phi) is 4.07. The first-order valence-corrected chi connectivity index (χ1v) is 6.82. The van der Waals surface area contributed by atoms with Crippen LogP contribution in [-0.4, -0.2) is 7.11 Å². The molecular weight excluding hydrogens is 267 g/mol. The number of hydrogen-bond acceptors (Lipinski definition) is 3. The van der Waals surface area contributed by atoms with Gasteiger partial charge in [0.1, 0.15) is 0 Å². The third-order valence-corrected chi connectivity index (χ3v) is 3.33. The van der Waals surface area contributed by atoms with Gasteiger partial charge in [-0.15, -0.1) is 0 Å². The molecule has 0 aliphatic rings. The average molecular weight is 288 g/mol. The highest BCUT2D eigenvalue weighted by molar-refractivity contribution is 5.76. The molecule has 0 aliphatic heterocycles. The van der Waals surface area contributed by atoms with E-state index in [0.29, 0.717) is 11.4 Å². The van der Waals surface area contributed by atoms with Crippen molar-refractivity contribution in [3.63, 3.8) is 0 Å². The highest BCUT2D eigenvalue weighted by Gasteiger charge is 2.18. The lowest BCUT2D eigenvalue weighted by molar-refractivity contribution is 0.387. The van der Waals surface area contributed by atoms with E-state index in [2.05, 4.69) is 32.2 Å². The summed E-state index contributed by atoms with van der Waals surface area (Å²) < 4.78 is 18.6. The number of para-hydroxylation sites is 1. The maximum Gasteiger partial charge on any atom is 0.167 e. The molecule has 0 spiro atoms. The molecule has 0 aromatic heterocycles. The Labute approximate surface area is 124 Å². The van der Waals surface area contributed by atoms with Gasteiger partial charge in [-0.1, -0.05) is 39.0 Å². The van der Waals surface area contributed by atoms with Gasteiger partial charge in [0, 0.05) is 17.8 Å². The standard InChI is InChI=1S/C17H21FN2O/c1-17(2,3)11-7-5-6-8-14(11)20-15-10-16(21-4)12(18)9-13(15)19/h5-10,20H,19H2,1-4H3. The van der Waals surface area contributed by atoms with Crippen LogP contribution >= 0.6 is 0 Å². The van der Waals surface area contributed by atoms with Gasteiger partial charge < -0.3 is 15.8 Å². The van der Waals surface area contributed by atoms with E-state index in [4.69, 9.17) is 10.5 Å². The van der Waals surface area contributed by atoms with Crippen molar-refractivity contribution in [3.8, 4) is 5.75 Å². The summed E-state index contributed by atoms with van der Waals surface area (Å²) >= 11 is 0. The summed E-state index contributed by atoms with van der Waals surface area (Å²) in [5.74, 6) is -0.301. The van der Waals surface area contributed by atoms with E-state index in [9.17, 15) is 4.39 Å². The van der Waals surface area contributed by atoms with Crippen molar-refractivity contribution in [2.45, 2.75) is 26.2 Å². The summed E-state index contributed by atoms with van der Waals surface area (Å²) in [7, 11) is 1.43. The van der Waals surface area contributed by atoms with Gasteiger partial charge in [-0.05, 0) is 17.0 Å². The van der Waals surface area contributed by atoms with Gasteiger partial charge in [-0.25, -0.2) is 4.39 Å². The minimum Gasteiger partial charge on any atom is -0.494 e. The van der Waals surface area contributed by atoms with Crippen LogP contribution < -0.4 is 15.8 Å². The van der Waals surface area contributed by atoms with Crippen LogP contribution in [0.4, 0.5) is 21.5 Å². The Morgan fingerprint density at radius 1 is 1.10 bits per heavy atom. The lowest BCUT2D eigenvalue weighted by atomic mass is 9.86. The number of methoxy groups -OCH3 is 1. The molecule has 0 amide bonds. The van der Waals surface area contributed by atoms with Crippen LogP contribution in [0.3, 0.4) is 0 Å². The Morgan fingerprint density at radius 2 is 1.76 bits per heavy atom. The molecule has 112 valence electrons. The highest BCUT2D eigenvalue weighted by atomic mass is 19.1. The number of halogens is 1. The van der Waals surface area contributed by atoms with Crippen molar-refractivity contribution in [1.82, 2.24) is 0 Å². The first-order valence-electron chi connectivity index (χ1n) is 6.82. The van der Waals surface area contributed by atoms with Crippen LogP contribution in [0.25, 0.3) is 0 Å². The average Bonchev–Trinajstić information content (AvgIpc) is 2.41. The molecule has 2 rings (SSSR count). The predicted octanol–water partition coefficient (Wildman–Crippen LogP) is 4.46. The summed E-state index contributed by atoms with van der Waals surface area (Å²) in [5.41, 5.74) is 8.97. The molecule has 0 radical (unpaired) electrons. The third-order valence-electron chi connectivity index (χ3n) is 3.33. The van der Waals surface area contributed by atoms with Crippen LogP contribution in [0.1, 0.15) is 26.3 Å². The molecular formula is C17H21FN2O. The van der Waals surface area contributed by atoms with Crippen LogP contribution in [0.5, 0.6) is 5.75 Å². The minimum atomic E-state index is -0.468. The summed E-state index contributed by atoms with van der Waals surface area (Å²) in [6.07, 6.45) is 0. The van der Waals surface area contributed by atoms with Gasteiger partial charge in [0.2, 0.25) is 0 Å². The van der Waals surface area contributed by atoms with E-state index < -0.39 is 5.82 Å². The molecule has 2 aromatic carbocycles. The van der Waals surface area contributed by atoms with Gasteiger partial charge in [0.05, 0.1) is 18.5 Å². The zero-order valence-corrected chi connectivity index (χ0v) is 12.8. The first-order chi connectivity index (χ1) is 9.82. The molecule has 0 aliphatic carbocycles. The highest BCUT2D eigenvalue weighted by Crippen LogP contribution is 2.35. The van der Waals surface area contributed by atoms with E-state index in [1.165, 1.54) is 13.2 Å². The molecule has 0 fully saturated rings. The topological polar surface area (TPSA) is 47.3 Å². The van der Waals surface area contributed by atoms with Gasteiger partial charge in [0.15, 0.2) is 11.6 Å². The molecule has 2 aromatic rings. The number of benzene rings is 2. The van der Waals surface area contributed by atoms with Crippen molar-refractivity contribution < 1.29 is 9.13 Å². The minimum absolute atomic E-state index is 0.0114. The van der Waals surface area contributed by atoms with E-state index in [-0.39, 0.29) is 11.2 Å². The summed E-state index contributed by atoms with van der Waals surface area (Å²) in [6, 6.07) is 10.8. The maximum atomic E-state index is 13.6. The second-order valence-electron chi connectivity index (χ2n) is 5.99. The molecule has 0 heterocycles. The molecule has 0 saturated carbocycles. The second-order valence-corrected chi connectivity index (χ2v) is 5.99. The third kappa shape index (κ3) is 3.27. The molecule has 0 atom stereocenters. The van der Waals surface area contributed by atoms with Crippen molar-refractivity contribution in [2.24, 2.45) is 0 Å². The van der Waals surface area contributed by atoms with Gasteiger partial charge in [-0.2, -0.15) is 0 Å². The molecule has 0 bridgehead atoms. The van der Waals surface area contributed by atoms with E-state index in [0.717, 1.165) is 11.3 Å². The molecule has 3 nitrogen and oxygen atoms in total. The van der Waals surface area contributed by atoms with Crippen LogP contribution in [-0.2, 0) is 5.41 Å². The quantitative estimate of drug-likeness (QED) is 0.820. The van der Waals surface area contributed by atoms with Crippen molar-refractivity contribution in [2.75, 3.05) is 18.2 Å². The number of anilines is 3. The normalized spacial score (nSPS) is 11.3. The Morgan fingerprint density at radius 3 is 2.38 bits per heavy atom. The van der Waals surface area contributed by atoms with Crippen molar-refractivity contribution >= 4 is 17.1 Å². The zero-order valence-electron chi connectivity index (χ0n) is 12.8. The fourth-order valence-electron chi connectivity index (χ4n) is 2.22. The molecule has 3 N–H and O–H groups in total. The number of nitrogen functional groups attached to an aromatic ring is 1. The molecule has 4 heteroatoms. The Bertz CT molecular complexity index is 648. The Hall–Kier alpha value is -2.23. The largest absolute Gasteiger partial charge is 0.494 e. The van der Waals surface area contributed by atoms with Gasteiger partial charge in [0.25, 0.3) is 0 Å². The monoisotopic (exact) mass is 288 g/mol. The van der Waals surface area contributed by atoms with Crippen molar-refractivity contribution in [1.29, 1.82) is 0 Å². The smallest absolute Gasteiger partial charge is 0.167 e.